The fourth-order valence-corrected chi connectivity index (χ4v) is 3.89. The topological polar surface area (TPSA) is 75.4 Å². The third-order valence-corrected chi connectivity index (χ3v) is 5.36. The summed E-state index contributed by atoms with van der Waals surface area (Å²) in [6, 6.07) is 3.33. The zero-order valence-electron chi connectivity index (χ0n) is 15.4. The van der Waals surface area contributed by atoms with Crippen molar-refractivity contribution in [3.63, 3.8) is 0 Å². The van der Waals surface area contributed by atoms with Gasteiger partial charge in [-0.15, -0.1) is 0 Å². The van der Waals surface area contributed by atoms with E-state index in [2.05, 4.69) is 18.8 Å². The number of hydrogen-bond acceptors (Lipinski definition) is 4. The van der Waals surface area contributed by atoms with E-state index in [-0.39, 0.29) is 21.9 Å². The van der Waals surface area contributed by atoms with E-state index in [9.17, 15) is 14.7 Å². The minimum absolute atomic E-state index is 0.0874. The Morgan fingerprint density at radius 2 is 2.07 bits per heavy atom. The summed E-state index contributed by atoms with van der Waals surface area (Å²) in [4.78, 5) is 30.4. The number of fused-ring (bicyclic) bond motifs is 3. The van der Waals surface area contributed by atoms with Crippen LogP contribution in [0.25, 0.3) is 21.8 Å². The first-order chi connectivity index (χ1) is 12.7. The summed E-state index contributed by atoms with van der Waals surface area (Å²) in [5.74, 6) is -1.78. The second-order valence-electron chi connectivity index (χ2n) is 7.94. The normalized spacial score (nSPS) is 16.4. The van der Waals surface area contributed by atoms with Crippen LogP contribution in [0.3, 0.4) is 0 Å². The van der Waals surface area contributed by atoms with Crippen LogP contribution in [0.2, 0.25) is 0 Å². The van der Waals surface area contributed by atoms with Crippen molar-refractivity contribution in [1.29, 1.82) is 0 Å². The van der Waals surface area contributed by atoms with Gasteiger partial charge in [0.1, 0.15) is 11.1 Å². The Morgan fingerprint density at radius 3 is 2.70 bits per heavy atom. The van der Waals surface area contributed by atoms with Crippen molar-refractivity contribution in [2.45, 2.75) is 20.3 Å². The number of rotatable bonds is 2. The summed E-state index contributed by atoms with van der Waals surface area (Å²) in [7, 11) is 1.64. The molecule has 0 unspecified atom stereocenters. The third kappa shape index (κ3) is 2.65. The molecule has 1 fully saturated rings. The van der Waals surface area contributed by atoms with E-state index >= 15 is 4.39 Å². The number of aryl methyl sites for hydroxylation is 1. The molecule has 0 atom stereocenters. The lowest BCUT2D eigenvalue weighted by atomic mass is 9.93. The molecular weight excluding hydrogens is 349 g/mol. The summed E-state index contributed by atoms with van der Waals surface area (Å²) < 4.78 is 16.8. The lowest BCUT2D eigenvalue weighted by Crippen LogP contribution is -2.23. The first-order valence-electron chi connectivity index (χ1n) is 8.78. The highest BCUT2D eigenvalue weighted by Crippen LogP contribution is 2.36. The van der Waals surface area contributed by atoms with Gasteiger partial charge in [0, 0.05) is 31.7 Å². The maximum absolute atomic E-state index is 15.3. The molecule has 27 heavy (non-hydrogen) atoms. The lowest BCUT2D eigenvalue weighted by molar-refractivity contribution is 0.0695. The van der Waals surface area contributed by atoms with Gasteiger partial charge in [0.15, 0.2) is 5.82 Å². The van der Waals surface area contributed by atoms with Crippen LogP contribution in [0.4, 0.5) is 10.1 Å². The summed E-state index contributed by atoms with van der Waals surface area (Å²) in [6.07, 6.45) is 3.65. The van der Waals surface area contributed by atoms with Crippen molar-refractivity contribution in [2.24, 2.45) is 12.5 Å². The number of pyridine rings is 2. The molecule has 0 bridgehead atoms. The molecule has 3 aromatic rings. The van der Waals surface area contributed by atoms with E-state index in [1.165, 1.54) is 17.0 Å². The second-order valence-corrected chi connectivity index (χ2v) is 7.94. The molecule has 0 amide bonds. The number of benzene rings is 1. The number of halogens is 1. The molecule has 3 heterocycles. The smallest absolute Gasteiger partial charge is 0.341 e. The molecule has 2 aromatic heterocycles. The molecule has 0 radical (unpaired) electrons. The van der Waals surface area contributed by atoms with Crippen molar-refractivity contribution in [3.05, 3.63) is 46.1 Å². The second kappa shape index (κ2) is 5.77. The maximum atomic E-state index is 15.3. The minimum atomic E-state index is -1.31. The molecule has 0 spiro atoms. The molecule has 0 aliphatic carbocycles. The van der Waals surface area contributed by atoms with Crippen molar-refractivity contribution in [3.8, 4) is 0 Å². The van der Waals surface area contributed by atoms with Crippen LogP contribution in [0.1, 0.15) is 30.6 Å². The van der Waals surface area contributed by atoms with Gasteiger partial charge < -0.3 is 14.6 Å². The molecule has 1 saturated heterocycles. The average molecular weight is 369 g/mol. The number of carbonyl (C=O) groups is 1. The number of hydrogen-bond donors (Lipinski definition) is 1. The monoisotopic (exact) mass is 369 g/mol. The van der Waals surface area contributed by atoms with E-state index in [0.717, 1.165) is 19.5 Å². The van der Waals surface area contributed by atoms with E-state index in [1.54, 1.807) is 19.2 Å². The van der Waals surface area contributed by atoms with Gasteiger partial charge in [-0.2, -0.15) is 0 Å². The van der Waals surface area contributed by atoms with E-state index in [0.29, 0.717) is 16.6 Å². The van der Waals surface area contributed by atoms with Crippen LogP contribution in [0.5, 0.6) is 0 Å². The lowest BCUT2D eigenvalue weighted by Gasteiger charge is -2.22. The van der Waals surface area contributed by atoms with Gasteiger partial charge in [-0.25, -0.2) is 9.18 Å². The maximum Gasteiger partial charge on any atom is 0.341 e. The highest BCUT2D eigenvalue weighted by atomic mass is 19.1. The predicted molar refractivity (Wildman–Crippen MR) is 102 cm³/mol. The van der Waals surface area contributed by atoms with Gasteiger partial charge in [-0.05, 0) is 24.0 Å². The number of carboxylic acid groups (broad SMARTS) is 1. The SMILES string of the molecule is Cn1cc(C(=O)O)c(=O)c2c3ccc(N4CCC(C)(C)C4)c(F)c3ncc21. The van der Waals surface area contributed by atoms with Crippen LogP contribution >= 0.6 is 0 Å². The van der Waals surface area contributed by atoms with Gasteiger partial charge in [0.05, 0.1) is 22.8 Å². The molecule has 6 nitrogen and oxygen atoms in total. The average Bonchev–Trinajstić information content (AvgIpc) is 2.97. The molecule has 140 valence electrons. The van der Waals surface area contributed by atoms with E-state index < -0.39 is 17.2 Å². The number of nitrogens with zero attached hydrogens (tertiary/aromatic N) is 3. The molecule has 1 aliphatic rings. The molecule has 1 aromatic carbocycles. The zero-order chi connectivity index (χ0) is 19.5. The molecule has 1 N–H and O–H groups in total. The van der Waals surface area contributed by atoms with Gasteiger partial charge in [-0.1, -0.05) is 13.8 Å². The van der Waals surface area contributed by atoms with Crippen molar-refractivity contribution < 1.29 is 14.3 Å². The van der Waals surface area contributed by atoms with Crippen molar-refractivity contribution in [2.75, 3.05) is 18.0 Å². The molecule has 4 rings (SSSR count). The standard InChI is InChI=1S/C20H20FN3O3/c1-20(2)6-7-24(10-20)13-5-4-11-15-14(8-22-17(11)16(13)21)23(3)9-12(18(15)25)19(26)27/h4-5,8-9H,6-7,10H2,1-3H3,(H,26,27). The predicted octanol–water partition coefficient (Wildman–Crippen LogP) is 3.16. The highest BCUT2D eigenvalue weighted by molar-refractivity contribution is 6.07. The van der Waals surface area contributed by atoms with Gasteiger partial charge in [0.25, 0.3) is 0 Å². The van der Waals surface area contributed by atoms with Crippen LogP contribution in [0.15, 0.2) is 29.3 Å². The number of carboxylic acids is 1. The van der Waals surface area contributed by atoms with Crippen LogP contribution in [-0.4, -0.2) is 33.7 Å². The fourth-order valence-electron chi connectivity index (χ4n) is 3.89. The number of aromatic carboxylic acids is 1. The third-order valence-electron chi connectivity index (χ3n) is 5.36. The van der Waals surface area contributed by atoms with Gasteiger partial charge >= 0.3 is 5.97 Å². The summed E-state index contributed by atoms with van der Waals surface area (Å²) in [6.45, 7) is 5.80. The Kier molecular flexibility index (Phi) is 3.73. The number of aromatic nitrogens is 2. The Morgan fingerprint density at radius 1 is 1.33 bits per heavy atom. The molecular formula is C20H20FN3O3. The quantitative estimate of drug-likeness (QED) is 0.703. The van der Waals surface area contributed by atoms with Crippen LogP contribution in [0, 0.1) is 11.2 Å². The fraction of sp³-hybridized carbons (Fsp3) is 0.350. The zero-order valence-corrected chi connectivity index (χ0v) is 15.4. The van der Waals surface area contributed by atoms with Crippen LogP contribution in [-0.2, 0) is 7.05 Å². The summed E-state index contributed by atoms with van der Waals surface area (Å²) in [5, 5.41) is 9.81. The number of anilines is 1. The largest absolute Gasteiger partial charge is 0.477 e. The van der Waals surface area contributed by atoms with Crippen LogP contribution < -0.4 is 10.3 Å². The summed E-state index contributed by atoms with van der Waals surface area (Å²) in [5.41, 5.74) is 0.160. The Labute approximate surface area is 154 Å². The summed E-state index contributed by atoms with van der Waals surface area (Å²) >= 11 is 0. The Balaban J connectivity index is 2.00. The minimum Gasteiger partial charge on any atom is -0.477 e. The first kappa shape index (κ1) is 17.5. The molecule has 0 saturated carbocycles. The van der Waals surface area contributed by atoms with Crippen molar-refractivity contribution in [1.82, 2.24) is 9.55 Å². The van der Waals surface area contributed by atoms with Gasteiger partial charge in [-0.3, -0.25) is 9.78 Å². The Bertz CT molecular complexity index is 1170. The van der Waals surface area contributed by atoms with Gasteiger partial charge in [0.2, 0.25) is 5.43 Å². The highest BCUT2D eigenvalue weighted by Gasteiger charge is 2.31. The molecule has 1 aliphatic heterocycles. The van der Waals surface area contributed by atoms with Crippen molar-refractivity contribution >= 4 is 33.5 Å². The first-order valence-corrected chi connectivity index (χ1v) is 8.78. The van der Waals surface area contributed by atoms with E-state index in [4.69, 9.17) is 0 Å². The Hall–Kier alpha value is -2.96. The molecule has 7 heteroatoms. The van der Waals surface area contributed by atoms with E-state index in [1.807, 2.05) is 4.90 Å².